The SMILES string of the molecule is CC(=O)Nc1cc([N+](=O)[O-])ccc1NC(C)C. The van der Waals surface area contributed by atoms with Gasteiger partial charge in [0.1, 0.15) is 0 Å². The molecule has 2 N–H and O–H groups in total. The Kier molecular flexibility index (Phi) is 4.03. The smallest absolute Gasteiger partial charge is 0.271 e. The fourth-order valence-corrected chi connectivity index (χ4v) is 1.38. The van der Waals surface area contributed by atoms with E-state index in [4.69, 9.17) is 0 Å². The normalized spacial score (nSPS) is 10.1. The molecule has 0 unspecified atom stereocenters. The van der Waals surface area contributed by atoms with E-state index < -0.39 is 4.92 Å². The second-order valence-corrected chi connectivity index (χ2v) is 3.97. The third kappa shape index (κ3) is 3.75. The number of rotatable bonds is 4. The average molecular weight is 237 g/mol. The van der Waals surface area contributed by atoms with E-state index in [1.807, 2.05) is 13.8 Å². The largest absolute Gasteiger partial charge is 0.381 e. The molecule has 6 nitrogen and oxygen atoms in total. The average Bonchev–Trinajstić information content (AvgIpc) is 2.18. The lowest BCUT2D eigenvalue weighted by molar-refractivity contribution is -0.384. The Bertz CT molecular complexity index is 444. The number of nitrogens with zero attached hydrogens (tertiary/aromatic N) is 1. The lowest BCUT2D eigenvalue weighted by Crippen LogP contribution is -2.14. The monoisotopic (exact) mass is 237 g/mol. The van der Waals surface area contributed by atoms with Crippen molar-refractivity contribution in [2.24, 2.45) is 0 Å². The molecule has 0 saturated heterocycles. The molecule has 0 aliphatic carbocycles. The lowest BCUT2D eigenvalue weighted by atomic mass is 10.2. The lowest BCUT2D eigenvalue weighted by Gasteiger charge is -2.14. The van der Waals surface area contributed by atoms with E-state index in [9.17, 15) is 14.9 Å². The highest BCUT2D eigenvalue weighted by Crippen LogP contribution is 2.27. The van der Waals surface area contributed by atoms with Crippen molar-refractivity contribution in [3.63, 3.8) is 0 Å². The van der Waals surface area contributed by atoms with Gasteiger partial charge in [0.15, 0.2) is 0 Å². The summed E-state index contributed by atoms with van der Waals surface area (Å²) in [6.07, 6.45) is 0. The standard InChI is InChI=1S/C11H15N3O3/c1-7(2)12-10-5-4-9(14(16)17)6-11(10)13-8(3)15/h4-7,12H,1-3H3,(H,13,15). The van der Waals surface area contributed by atoms with Crippen LogP contribution in [-0.4, -0.2) is 16.9 Å². The third-order valence-corrected chi connectivity index (χ3v) is 1.97. The minimum Gasteiger partial charge on any atom is -0.381 e. The van der Waals surface area contributed by atoms with Gasteiger partial charge in [0.25, 0.3) is 5.69 Å². The van der Waals surface area contributed by atoms with Crippen molar-refractivity contribution >= 4 is 23.0 Å². The Morgan fingerprint density at radius 2 is 2.00 bits per heavy atom. The zero-order valence-corrected chi connectivity index (χ0v) is 9.98. The van der Waals surface area contributed by atoms with Gasteiger partial charge < -0.3 is 10.6 Å². The van der Waals surface area contributed by atoms with E-state index in [1.165, 1.54) is 19.1 Å². The number of non-ortho nitro benzene ring substituents is 1. The summed E-state index contributed by atoms with van der Waals surface area (Å²) in [7, 11) is 0. The Labute approximate surface area is 99.2 Å². The summed E-state index contributed by atoms with van der Waals surface area (Å²) < 4.78 is 0. The van der Waals surface area contributed by atoms with Crippen LogP contribution in [-0.2, 0) is 4.79 Å². The van der Waals surface area contributed by atoms with Crippen LogP contribution >= 0.6 is 0 Å². The highest BCUT2D eigenvalue weighted by molar-refractivity contribution is 5.93. The van der Waals surface area contributed by atoms with Crippen molar-refractivity contribution in [3.05, 3.63) is 28.3 Å². The van der Waals surface area contributed by atoms with Gasteiger partial charge in [-0.25, -0.2) is 0 Å². The fraction of sp³-hybridized carbons (Fsp3) is 0.364. The molecule has 0 aliphatic rings. The molecular weight excluding hydrogens is 222 g/mol. The first-order valence-electron chi connectivity index (χ1n) is 5.22. The molecule has 1 amide bonds. The predicted molar refractivity (Wildman–Crippen MR) is 66.2 cm³/mol. The zero-order valence-electron chi connectivity index (χ0n) is 9.98. The van der Waals surface area contributed by atoms with Gasteiger partial charge in [-0.3, -0.25) is 14.9 Å². The molecule has 6 heteroatoms. The van der Waals surface area contributed by atoms with Gasteiger partial charge in [-0.15, -0.1) is 0 Å². The molecule has 1 aromatic rings. The number of carbonyl (C=O) groups excluding carboxylic acids is 1. The molecule has 0 fully saturated rings. The molecule has 1 rings (SSSR count). The minimum absolute atomic E-state index is 0.0527. The molecule has 0 radical (unpaired) electrons. The second-order valence-electron chi connectivity index (χ2n) is 3.97. The maximum atomic E-state index is 11.0. The molecule has 1 aromatic carbocycles. The Morgan fingerprint density at radius 3 is 2.47 bits per heavy atom. The van der Waals surface area contributed by atoms with Crippen LogP contribution in [0, 0.1) is 10.1 Å². The summed E-state index contributed by atoms with van der Waals surface area (Å²) in [5.74, 6) is -0.266. The fourth-order valence-electron chi connectivity index (χ4n) is 1.38. The number of nitrogens with one attached hydrogen (secondary N) is 2. The number of nitro benzene ring substituents is 1. The number of hydrogen-bond acceptors (Lipinski definition) is 4. The topological polar surface area (TPSA) is 84.3 Å². The molecule has 0 aromatic heterocycles. The van der Waals surface area contributed by atoms with Gasteiger partial charge in [0.05, 0.1) is 16.3 Å². The van der Waals surface area contributed by atoms with Crippen molar-refractivity contribution in [2.45, 2.75) is 26.8 Å². The predicted octanol–water partition coefficient (Wildman–Crippen LogP) is 2.37. The van der Waals surface area contributed by atoms with Crippen molar-refractivity contribution in [1.82, 2.24) is 0 Å². The molecule has 0 atom stereocenters. The maximum absolute atomic E-state index is 11.0. The highest BCUT2D eigenvalue weighted by atomic mass is 16.6. The molecule has 0 bridgehead atoms. The molecule has 17 heavy (non-hydrogen) atoms. The second kappa shape index (κ2) is 5.29. The number of hydrogen-bond donors (Lipinski definition) is 2. The molecular formula is C11H15N3O3. The number of carbonyl (C=O) groups is 1. The Hall–Kier alpha value is -2.11. The molecule has 0 aliphatic heterocycles. The van der Waals surface area contributed by atoms with Gasteiger partial charge >= 0.3 is 0 Å². The number of anilines is 2. The van der Waals surface area contributed by atoms with Gasteiger partial charge in [0.2, 0.25) is 5.91 Å². The summed E-state index contributed by atoms with van der Waals surface area (Å²) in [6.45, 7) is 5.25. The van der Waals surface area contributed by atoms with Crippen LogP contribution in [0.2, 0.25) is 0 Å². The van der Waals surface area contributed by atoms with E-state index in [0.29, 0.717) is 11.4 Å². The van der Waals surface area contributed by atoms with Crippen molar-refractivity contribution in [3.8, 4) is 0 Å². The van der Waals surface area contributed by atoms with Crippen LogP contribution in [0.4, 0.5) is 17.1 Å². The van der Waals surface area contributed by atoms with E-state index in [0.717, 1.165) is 0 Å². The van der Waals surface area contributed by atoms with Crippen LogP contribution in [0.3, 0.4) is 0 Å². The van der Waals surface area contributed by atoms with Crippen molar-refractivity contribution in [1.29, 1.82) is 0 Å². The van der Waals surface area contributed by atoms with E-state index >= 15 is 0 Å². The Balaban J connectivity index is 3.11. The first-order valence-corrected chi connectivity index (χ1v) is 5.22. The molecule has 92 valence electrons. The Morgan fingerprint density at radius 1 is 1.35 bits per heavy atom. The van der Waals surface area contributed by atoms with E-state index in [-0.39, 0.29) is 17.6 Å². The van der Waals surface area contributed by atoms with Crippen LogP contribution in [0.15, 0.2) is 18.2 Å². The maximum Gasteiger partial charge on any atom is 0.271 e. The van der Waals surface area contributed by atoms with Gasteiger partial charge in [-0.2, -0.15) is 0 Å². The summed E-state index contributed by atoms with van der Waals surface area (Å²) in [4.78, 5) is 21.2. The zero-order chi connectivity index (χ0) is 13.0. The number of benzene rings is 1. The van der Waals surface area contributed by atoms with Crippen LogP contribution < -0.4 is 10.6 Å². The highest BCUT2D eigenvalue weighted by Gasteiger charge is 2.12. The summed E-state index contributed by atoms with van der Waals surface area (Å²) in [5.41, 5.74) is 1.03. The summed E-state index contributed by atoms with van der Waals surface area (Å²) in [5, 5.41) is 16.3. The third-order valence-electron chi connectivity index (χ3n) is 1.97. The van der Waals surface area contributed by atoms with E-state index in [2.05, 4.69) is 10.6 Å². The molecule has 0 heterocycles. The molecule has 0 saturated carbocycles. The van der Waals surface area contributed by atoms with Crippen molar-refractivity contribution < 1.29 is 9.72 Å². The van der Waals surface area contributed by atoms with Crippen LogP contribution in [0.25, 0.3) is 0 Å². The van der Waals surface area contributed by atoms with Gasteiger partial charge in [0, 0.05) is 25.1 Å². The molecule has 0 spiro atoms. The van der Waals surface area contributed by atoms with Crippen LogP contribution in [0.5, 0.6) is 0 Å². The minimum atomic E-state index is -0.496. The first kappa shape index (κ1) is 13.0. The quantitative estimate of drug-likeness (QED) is 0.622. The number of nitro groups is 1. The summed E-state index contributed by atoms with van der Waals surface area (Å²) in [6, 6.07) is 4.50. The summed E-state index contributed by atoms with van der Waals surface area (Å²) >= 11 is 0. The van der Waals surface area contributed by atoms with Gasteiger partial charge in [-0.1, -0.05) is 0 Å². The van der Waals surface area contributed by atoms with Crippen molar-refractivity contribution in [2.75, 3.05) is 10.6 Å². The number of amides is 1. The van der Waals surface area contributed by atoms with Crippen LogP contribution in [0.1, 0.15) is 20.8 Å². The first-order chi connectivity index (χ1) is 7.90. The van der Waals surface area contributed by atoms with E-state index in [1.54, 1.807) is 6.07 Å². The van der Waals surface area contributed by atoms with Gasteiger partial charge in [-0.05, 0) is 19.9 Å².